The van der Waals surface area contributed by atoms with Crippen LogP contribution in [0.25, 0.3) is 10.9 Å². The summed E-state index contributed by atoms with van der Waals surface area (Å²) >= 11 is 0. The van der Waals surface area contributed by atoms with Crippen LogP contribution in [0.2, 0.25) is 0 Å². The lowest BCUT2D eigenvalue weighted by molar-refractivity contribution is -0.121. The maximum Gasteiger partial charge on any atom is 0.243 e. The number of nitrogens with one attached hydrogen (secondary N) is 2. The second-order valence-corrected chi connectivity index (χ2v) is 9.84. The Kier molecular flexibility index (Phi) is 7.81. The van der Waals surface area contributed by atoms with Gasteiger partial charge in [-0.3, -0.25) is 9.63 Å². The Bertz CT molecular complexity index is 1370. The Morgan fingerprint density at radius 2 is 1.71 bits per heavy atom. The Morgan fingerprint density at radius 1 is 1.00 bits per heavy atom. The van der Waals surface area contributed by atoms with E-state index in [0.29, 0.717) is 43.2 Å². The van der Waals surface area contributed by atoms with Crippen LogP contribution in [0.15, 0.2) is 83.8 Å². The molecule has 2 N–H and O–H groups in total. The average molecular weight is 494 g/mol. The zero-order chi connectivity index (χ0) is 24.7. The third-order valence-electron chi connectivity index (χ3n) is 5.76. The maximum atomic E-state index is 12.9. The number of ether oxygens (including phenoxy) is 1. The van der Waals surface area contributed by atoms with Crippen molar-refractivity contribution < 1.29 is 22.8 Å². The van der Waals surface area contributed by atoms with Crippen LogP contribution < -0.4 is 10.2 Å². The molecule has 1 aliphatic rings. The number of nitrogens with zero attached hydrogens (tertiary/aromatic N) is 1. The Balaban J connectivity index is 0.000000221. The van der Waals surface area contributed by atoms with Crippen LogP contribution in [-0.4, -0.2) is 37.8 Å². The summed E-state index contributed by atoms with van der Waals surface area (Å²) in [4.78, 5) is 18.2. The van der Waals surface area contributed by atoms with Crippen molar-refractivity contribution in [2.24, 2.45) is 0 Å². The van der Waals surface area contributed by atoms with Gasteiger partial charge in [0.1, 0.15) is 5.75 Å². The van der Waals surface area contributed by atoms with Gasteiger partial charge in [0.2, 0.25) is 16.4 Å². The first kappa shape index (κ1) is 24.5. The van der Waals surface area contributed by atoms with Crippen molar-refractivity contribution >= 4 is 27.3 Å². The third-order valence-corrected chi connectivity index (χ3v) is 7.62. The first-order valence-corrected chi connectivity index (χ1v) is 12.5. The molecule has 0 radical (unpaired) electrons. The summed E-state index contributed by atoms with van der Waals surface area (Å²) in [5.74, 6) is 0.644. The summed E-state index contributed by atoms with van der Waals surface area (Å²) in [5, 5.41) is 1.19. The van der Waals surface area contributed by atoms with Gasteiger partial charge < -0.3 is 9.72 Å². The van der Waals surface area contributed by atoms with Gasteiger partial charge in [-0.05, 0) is 47.9 Å². The van der Waals surface area contributed by atoms with Gasteiger partial charge in [-0.2, -0.15) is 4.31 Å². The zero-order valence-corrected chi connectivity index (χ0v) is 20.1. The molecule has 0 aliphatic carbocycles. The number of hydrogen-bond donors (Lipinski definition) is 2. The van der Waals surface area contributed by atoms with Crippen LogP contribution in [0.1, 0.15) is 16.8 Å². The van der Waals surface area contributed by atoms with Crippen molar-refractivity contribution in [2.75, 3.05) is 13.7 Å². The van der Waals surface area contributed by atoms with Gasteiger partial charge >= 0.3 is 0 Å². The molecule has 0 saturated carbocycles. The first-order chi connectivity index (χ1) is 17.0. The summed E-state index contributed by atoms with van der Waals surface area (Å²) in [7, 11) is -1.95. The quantitative estimate of drug-likeness (QED) is 0.232. The highest BCUT2D eigenvalue weighted by molar-refractivity contribution is 7.89. The monoisotopic (exact) mass is 493 g/mol. The molecule has 1 amide bonds. The van der Waals surface area contributed by atoms with E-state index in [1.165, 1.54) is 15.3 Å². The van der Waals surface area contributed by atoms with Crippen LogP contribution in [0, 0.1) is 0 Å². The highest BCUT2D eigenvalue weighted by Gasteiger charge is 2.30. The van der Waals surface area contributed by atoms with Crippen LogP contribution in [0.4, 0.5) is 0 Å². The van der Waals surface area contributed by atoms with Crippen LogP contribution in [0.5, 0.6) is 5.75 Å². The summed E-state index contributed by atoms with van der Waals surface area (Å²) in [6.07, 6.45) is 1.22. The fraction of sp³-hybridized carbons (Fsp3) is 0.192. The van der Waals surface area contributed by atoms with Crippen molar-refractivity contribution in [3.05, 3.63) is 95.7 Å². The molecule has 0 spiro atoms. The molecular weight excluding hydrogens is 466 g/mol. The van der Waals surface area contributed by atoms with Crippen molar-refractivity contribution in [2.45, 2.75) is 24.5 Å². The summed E-state index contributed by atoms with van der Waals surface area (Å²) in [6.45, 7) is 1.27. The minimum absolute atomic E-state index is 0.294. The summed E-state index contributed by atoms with van der Waals surface area (Å²) < 4.78 is 32.4. The lowest BCUT2D eigenvalue weighted by Gasteiger charge is -2.26. The second-order valence-electron chi connectivity index (χ2n) is 7.90. The van der Waals surface area contributed by atoms with E-state index in [-0.39, 0.29) is 0 Å². The molecule has 1 aromatic heterocycles. The van der Waals surface area contributed by atoms with Crippen LogP contribution in [-0.2, 0) is 39.2 Å². The number of hydrogen-bond acceptors (Lipinski definition) is 5. The Morgan fingerprint density at radius 3 is 2.43 bits per heavy atom. The second kappa shape index (κ2) is 11.2. The van der Waals surface area contributed by atoms with E-state index in [0.717, 1.165) is 16.8 Å². The fourth-order valence-corrected chi connectivity index (χ4v) is 5.41. The Labute approximate surface area is 204 Å². The third kappa shape index (κ3) is 5.71. The molecule has 9 heteroatoms. The highest BCUT2D eigenvalue weighted by Crippen LogP contribution is 2.30. The molecular formula is C26H27N3O5S. The number of para-hydroxylation sites is 1. The number of hydroxylamine groups is 1. The van der Waals surface area contributed by atoms with Gasteiger partial charge in [0.25, 0.3) is 0 Å². The summed E-state index contributed by atoms with van der Waals surface area (Å²) in [5.41, 5.74) is 6.42. The fourth-order valence-electron chi connectivity index (χ4n) is 4.00. The molecule has 0 bridgehead atoms. The SMILES string of the molecule is COc1ccc(S(=O)(=O)N2CCc3c([nH]c4ccccc34)C2)cc1.O=CNOCc1ccccc1. The Hall–Kier alpha value is -3.66. The van der Waals surface area contributed by atoms with E-state index >= 15 is 0 Å². The van der Waals surface area contributed by atoms with Gasteiger partial charge in [-0.15, -0.1) is 0 Å². The molecule has 3 aromatic carbocycles. The standard InChI is InChI=1S/C18H18N2O3S.C8H9NO2/c1-23-13-6-8-14(9-7-13)24(21,22)20-11-10-16-15-4-2-3-5-17(15)19-18(16)12-20;10-7-9-11-6-8-4-2-1-3-5-8/h2-9,19H,10-12H2,1H3;1-5,7H,6H2,(H,9,10). The first-order valence-electron chi connectivity index (χ1n) is 11.1. The highest BCUT2D eigenvalue weighted by atomic mass is 32.2. The predicted octanol–water partition coefficient (Wildman–Crippen LogP) is 3.79. The maximum absolute atomic E-state index is 12.9. The van der Waals surface area contributed by atoms with Crippen molar-refractivity contribution in [1.82, 2.24) is 14.8 Å². The average Bonchev–Trinajstić information content (AvgIpc) is 3.28. The normalized spacial score (nSPS) is 13.4. The lowest BCUT2D eigenvalue weighted by Crippen LogP contribution is -2.35. The number of rotatable bonds is 7. The minimum atomic E-state index is -3.51. The number of H-pyrrole nitrogens is 1. The minimum Gasteiger partial charge on any atom is -0.497 e. The number of carbonyl (C=O) groups is 1. The number of benzene rings is 3. The van der Waals surface area contributed by atoms with Gasteiger partial charge in [-0.1, -0.05) is 48.5 Å². The molecule has 1 aliphatic heterocycles. The lowest BCUT2D eigenvalue weighted by atomic mass is 10.1. The number of fused-ring (bicyclic) bond motifs is 3. The molecule has 0 atom stereocenters. The number of carbonyl (C=O) groups excluding carboxylic acids is 1. The van der Waals surface area contributed by atoms with Crippen molar-refractivity contribution in [3.8, 4) is 5.75 Å². The van der Waals surface area contributed by atoms with E-state index in [9.17, 15) is 13.2 Å². The molecule has 0 fully saturated rings. The zero-order valence-electron chi connectivity index (χ0n) is 19.3. The largest absolute Gasteiger partial charge is 0.497 e. The number of aromatic nitrogens is 1. The number of amides is 1. The van der Waals surface area contributed by atoms with E-state index in [4.69, 9.17) is 9.57 Å². The van der Waals surface area contributed by atoms with Gasteiger partial charge in [0, 0.05) is 23.1 Å². The molecule has 5 rings (SSSR count). The van der Waals surface area contributed by atoms with E-state index < -0.39 is 10.0 Å². The van der Waals surface area contributed by atoms with Gasteiger partial charge in [0.05, 0.1) is 25.2 Å². The van der Waals surface area contributed by atoms with E-state index in [1.54, 1.807) is 31.4 Å². The molecule has 0 saturated heterocycles. The molecule has 4 aromatic rings. The number of methoxy groups -OCH3 is 1. The molecule has 182 valence electrons. The van der Waals surface area contributed by atoms with Crippen LogP contribution >= 0.6 is 0 Å². The van der Waals surface area contributed by atoms with Crippen molar-refractivity contribution in [1.29, 1.82) is 0 Å². The van der Waals surface area contributed by atoms with Gasteiger partial charge in [0.15, 0.2) is 0 Å². The number of sulfonamides is 1. The molecule has 35 heavy (non-hydrogen) atoms. The number of aromatic amines is 1. The van der Waals surface area contributed by atoms with Crippen LogP contribution in [0.3, 0.4) is 0 Å². The van der Waals surface area contributed by atoms with Gasteiger partial charge in [-0.25, -0.2) is 13.9 Å². The predicted molar refractivity (Wildman–Crippen MR) is 133 cm³/mol. The molecule has 0 unspecified atom stereocenters. The molecule has 8 nitrogen and oxygen atoms in total. The van der Waals surface area contributed by atoms with E-state index in [1.807, 2.05) is 48.5 Å². The van der Waals surface area contributed by atoms with Crippen molar-refractivity contribution in [3.63, 3.8) is 0 Å². The summed E-state index contributed by atoms with van der Waals surface area (Å²) in [6, 6.07) is 24.2. The topological polar surface area (TPSA) is 101 Å². The molecule has 2 heterocycles. The smallest absolute Gasteiger partial charge is 0.243 e. The van der Waals surface area contributed by atoms with E-state index in [2.05, 4.69) is 16.5 Å².